The minimum atomic E-state index is -0.307. The zero-order valence-electron chi connectivity index (χ0n) is 13.0. The maximum absolute atomic E-state index is 10.9. The van der Waals surface area contributed by atoms with Crippen molar-refractivity contribution in [1.29, 1.82) is 0 Å². The summed E-state index contributed by atoms with van der Waals surface area (Å²) in [5.41, 5.74) is 1.20. The lowest BCUT2D eigenvalue weighted by Crippen LogP contribution is -2.53. The smallest absolute Gasteiger partial charge is 0.0761 e. The van der Waals surface area contributed by atoms with Gasteiger partial charge in [-0.15, -0.1) is 11.3 Å². The SMILES string of the molecule is CCC(C)(C(O)Cc1csc2ccccc12)N1CCCC1. The molecule has 0 bridgehead atoms. The summed E-state index contributed by atoms with van der Waals surface area (Å²) in [5.74, 6) is 0. The van der Waals surface area contributed by atoms with Gasteiger partial charge in [0.05, 0.1) is 6.10 Å². The number of nitrogens with zero attached hydrogens (tertiary/aromatic N) is 1. The zero-order chi connectivity index (χ0) is 14.9. The Kier molecular flexibility index (Phi) is 4.34. The monoisotopic (exact) mass is 303 g/mol. The van der Waals surface area contributed by atoms with Crippen LogP contribution in [0.3, 0.4) is 0 Å². The van der Waals surface area contributed by atoms with Crippen LogP contribution in [0.25, 0.3) is 10.1 Å². The van der Waals surface area contributed by atoms with Crippen molar-refractivity contribution in [2.45, 2.75) is 51.2 Å². The number of thiophene rings is 1. The van der Waals surface area contributed by atoms with E-state index in [9.17, 15) is 5.11 Å². The zero-order valence-corrected chi connectivity index (χ0v) is 13.8. The Morgan fingerprint density at radius 1 is 1.29 bits per heavy atom. The number of hydrogen-bond acceptors (Lipinski definition) is 3. The van der Waals surface area contributed by atoms with E-state index in [4.69, 9.17) is 0 Å². The molecule has 1 fully saturated rings. The molecule has 1 N–H and O–H groups in total. The molecule has 1 aliphatic heterocycles. The number of likely N-dealkylation sites (tertiary alicyclic amines) is 1. The van der Waals surface area contributed by atoms with Crippen LogP contribution >= 0.6 is 11.3 Å². The van der Waals surface area contributed by atoms with Crippen LogP contribution in [0.2, 0.25) is 0 Å². The van der Waals surface area contributed by atoms with Gasteiger partial charge in [0, 0.05) is 16.7 Å². The van der Waals surface area contributed by atoms with Crippen LogP contribution in [0, 0.1) is 0 Å². The van der Waals surface area contributed by atoms with Crippen molar-refractivity contribution in [2.75, 3.05) is 13.1 Å². The van der Waals surface area contributed by atoms with Crippen LogP contribution < -0.4 is 0 Å². The van der Waals surface area contributed by atoms with Crippen LogP contribution in [0.5, 0.6) is 0 Å². The van der Waals surface area contributed by atoms with Crippen molar-refractivity contribution in [2.24, 2.45) is 0 Å². The van der Waals surface area contributed by atoms with Gasteiger partial charge in [-0.25, -0.2) is 0 Å². The fourth-order valence-corrected chi connectivity index (χ4v) is 4.49. The number of aliphatic hydroxyl groups excluding tert-OH is 1. The van der Waals surface area contributed by atoms with E-state index >= 15 is 0 Å². The highest BCUT2D eigenvalue weighted by Gasteiger charge is 2.38. The third kappa shape index (κ3) is 2.75. The highest BCUT2D eigenvalue weighted by atomic mass is 32.1. The molecule has 0 spiro atoms. The van der Waals surface area contributed by atoms with Gasteiger partial charge in [-0.1, -0.05) is 25.1 Å². The summed E-state index contributed by atoms with van der Waals surface area (Å²) in [6.45, 7) is 6.70. The molecular weight excluding hydrogens is 278 g/mol. The Bertz CT molecular complexity index is 602. The molecule has 2 unspecified atom stereocenters. The topological polar surface area (TPSA) is 23.5 Å². The van der Waals surface area contributed by atoms with Gasteiger partial charge >= 0.3 is 0 Å². The van der Waals surface area contributed by atoms with E-state index in [1.165, 1.54) is 28.5 Å². The van der Waals surface area contributed by atoms with Crippen molar-refractivity contribution in [3.8, 4) is 0 Å². The summed E-state index contributed by atoms with van der Waals surface area (Å²) in [6, 6.07) is 8.51. The lowest BCUT2D eigenvalue weighted by atomic mass is 9.86. The van der Waals surface area contributed by atoms with Crippen LogP contribution in [0.1, 0.15) is 38.7 Å². The first-order valence-electron chi connectivity index (χ1n) is 8.03. The minimum Gasteiger partial charge on any atom is -0.391 e. The molecule has 3 heteroatoms. The van der Waals surface area contributed by atoms with Gasteiger partial charge in [0.2, 0.25) is 0 Å². The van der Waals surface area contributed by atoms with Crippen molar-refractivity contribution in [1.82, 2.24) is 4.90 Å². The van der Waals surface area contributed by atoms with Crippen LogP contribution in [0.15, 0.2) is 29.6 Å². The molecule has 114 valence electrons. The Labute approximate surface area is 131 Å². The van der Waals surface area contributed by atoms with Crippen molar-refractivity contribution >= 4 is 21.4 Å². The van der Waals surface area contributed by atoms with Crippen LogP contribution in [0.4, 0.5) is 0 Å². The molecule has 0 amide bonds. The molecule has 0 aliphatic carbocycles. The highest BCUT2D eigenvalue weighted by molar-refractivity contribution is 7.17. The maximum atomic E-state index is 10.9. The second kappa shape index (κ2) is 6.07. The molecule has 2 nitrogen and oxygen atoms in total. The number of benzene rings is 1. The highest BCUT2D eigenvalue weighted by Crippen LogP contribution is 2.32. The van der Waals surface area contributed by atoms with Gasteiger partial charge in [0.15, 0.2) is 0 Å². The number of rotatable bonds is 5. The molecule has 2 heterocycles. The molecule has 1 aliphatic rings. The Balaban J connectivity index is 1.82. The number of aliphatic hydroxyl groups is 1. The Morgan fingerprint density at radius 3 is 2.71 bits per heavy atom. The minimum absolute atomic E-state index is 0.0977. The average molecular weight is 303 g/mol. The number of hydrogen-bond donors (Lipinski definition) is 1. The third-order valence-corrected chi connectivity index (χ3v) is 6.25. The van der Waals surface area contributed by atoms with Gasteiger partial charge < -0.3 is 5.11 Å². The molecule has 0 radical (unpaired) electrons. The number of fused-ring (bicyclic) bond motifs is 1. The van der Waals surface area contributed by atoms with E-state index in [-0.39, 0.29) is 11.6 Å². The summed E-state index contributed by atoms with van der Waals surface area (Å²) in [6.07, 6.45) is 3.98. The molecule has 1 saturated heterocycles. The summed E-state index contributed by atoms with van der Waals surface area (Å²) >= 11 is 1.78. The first-order chi connectivity index (χ1) is 10.1. The summed E-state index contributed by atoms with van der Waals surface area (Å²) in [4.78, 5) is 2.49. The van der Waals surface area contributed by atoms with Gasteiger partial charge in [0.25, 0.3) is 0 Å². The predicted molar refractivity (Wildman–Crippen MR) is 91.0 cm³/mol. The summed E-state index contributed by atoms with van der Waals surface area (Å²) in [7, 11) is 0. The van der Waals surface area contributed by atoms with E-state index in [0.29, 0.717) is 0 Å². The molecule has 3 rings (SSSR count). The molecule has 1 aromatic carbocycles. The predicted octanol–water partition coefficient (Wildman–Crippen LogP) is 4.07. The molecule has 1 aromatic heterocycles. The molecular formula is C18H25NOS. The van der Waals surface area contributed by atoms with E-state index in [0.717, 1.165) is 25.9 Å². The van der Waals surface area contributed by atoms with Gasteiger partial charge in [-0.2, -0.15) is 0 Å². The second-order valence-electron chi connectivity index (χ2n) is 6.38. The molecule has 2 atom stereocenters. The van der Waals surface area contributed by atoms with Gasteiger partial charge in [0.1, 0.15) is 0 Å². The molecule has 0 saturated carbocycles. The van der Waals surface area contributed by atoms with Crippen molar-refractivity contribution in [3.63, 3.8) is 0 Å². The summed E-state index contributed by atoms with van der Waals surface area (Å²) < 4.78 is 1.32. The van der Waals surface area contributed by atoms with E-state index < -0.39 is 0 Å². The third-order valence-electron chi connectivity index (χ3n) is 5.24. The first-order valence-corrected chi connectivity index (χ1v) is 8.91. The maximum Gasteiger partial charge on any atom is 0.0761 e. The van der Waals surface area contributed by atoms with Gasteiger partial charge in [-0.05, 0) is 61.7 Å². The van der Waals surface area contributed by atoms with E-state index in [1.807, 2.05) is 0 Å². The van der Waals surface area contributed by atoms with Gasteiger partial charge in [-0.3, -0.25) is 4.90 Å². The fourth-order valence-electron chi connectivity index (χ4n) is 3.52. The Morgan fingerprint density at radius 2 is 2.00 bits per heavy atom. The van der Waals surface area contributed by atoms with Crippen LogP contribution in [-0.2, 0) is 6.42 Å². The molecule has 2 aromatic rings. The van der Waals surface area contributed by atoms with Crippen molar-refractivity contribution in [3.05, 3.63) is 35.2 Å². The first kappa shape index (κ1) is 15.0. The molecule has 21 heavy (non-hydrogen) atoms. The average Bonchev–Trinajstić information content (AvgIpc) is 3.17. The summed E-state index contributed by atoms with van der Waals surface area (Å²) in [5, 5.41) is 14.4. The van der Waals surface area contributed by atoms with E-state index in [2.05, 4.69) is 48.4 Å². The fraction of sp³-hybridized carbons (Fsp3) is 0.556. The van der Waals surface area contributed by atoms with E-state index in [1.54, 1.807) is 11.3 Å². The normalized spacial score (nSPS) is 20.7. The van der Waals surface area contributed by atoms with Crippen LogP contribution in [-0.4, -0.2) is 34.7 Å². The van der Waals surface area contributed by atoms with Crippen molar-refractivity contribution < 1.29 is 5.11 Å². The quantitative estimate of drug-likeness (QED) is 0.900. The second-order valence-corrected chi connectivity index (χ2v) is 7.29. The largest absolute Gasteiger partial charge is 0.391 e. The lowest BCUT2D eigenvalue weighted by Gasteiger charge is -2.42. The Hall–Kier alpha value is -0.900. The standard InChI is InChI=1S/C18H25NOS/c1-3-18(2,19-10-6-7-11-19)17(20)12-14-13-21-16-9-5-4-8-15(14)16/h4-5,8-9,13,17,20H,3,6-7,10-12H2,1-2H3. The lowest BCUT2D eigenvalue weighted by molar-refractivity contribution is -0.0115.